The fraction of sp³-hybridized carbons (Fsp3) is 0.391. The molecule has 1 N–H and O–H groups in total. The van der Waals surface area contributed by atoms with Crippen molar-refractivity contribution in [3.05, 3.63) is 59.7 Å². The molecule has 1 heterocycles. The molecule has 0 spiro atoms. The number of carboxylic acids is 1. The Balaban J connectivity index is 1.40. The Labute approximate surface area is 164 Å². The normalized spacial score (nSPS) is 17.7. The first-order valence-electron chi connectivity index (χ1n) is 9.79. The van der Waals surface area contributed by atoms with Gasteiger partial charge in [-0.3, -0.25) is 4.79 Å². The molecule has 0 bridgehead atoms. The minimum absolute atomic E-state index is 0.0541. The Morgan fingerprint density at radius 2 is 1.57 bits per heavy atom. The van der Waals surface area contributed by atoms with E-state index < -0.39 is 5.97 Å². The quantitative estimate of drug-likeness (QED) is 0.849. The van der Waals surface area contributed by atoms with Gasteiger partial charge >= 0.3 is 12.1 Å². The van der Waals surface area contributed by atoms with Gasteiger partial charge in [0.2, 0.25) is 0 Å². The summed E-state index contributed by atoms with van der Waals surface area (Å²) in [5.74, 6) is -0.726. The number of carbonyl (C=O) groups excluding carboxylic acids is 1. The van der Waals surface area contributed by atoms with Gasteiger partial charge in [-0.15, -0.1) is 0 Å². The van der Waals surface area contributed by atoms with Crippen LogP contribution in [0.1, 0.15) is 43.2 Å². The highest BCUT2D eigenvalue weighted by Crippen LogP contribution is 2.44. The average Bonchev–Trinajstić information content (AvgIpc) is 3.00. The van der Waals surface area contributed by atoms with Crippen molar-refractivity contribution >= 4 is 12.1 Å². The third-order valence-electron chi connectivity index (χ3n) is 6.14. The second kappa shape index (κ2) is 7.30. The Hall–Kier alpha value is -2.82. The lowest BCUT2D eigenvalue weighted by molar-refractivity contribution is -0.140. The van der Waals surface area contributed by atoms with Crippen LogP contribution in [0, 0.1) is 5.41 Å². The molecule has 4 rings (SSSR count). The molecule has 1 aliphatic carbocycles. The molecule has 2 aromatic carbocycles. The molecule has 2 aliphatic rings. The fourth-order valence-electron chi connectivity index (χ4n) is 4.46. The number of carboxylic acid groups (broad SMARTS) is 1. The Morgan fingerprint density at radius 1 is 1.04 bits per heavy atom. The molecule has 0 unspecified atom stereocenters. The first-order valence-corrected chi connectivity index (χ1v) is 9.79. The molecule has 5 heteroatoms. The van der Waals surface area contributed by atoms with E-state index in [-0.39, 0.29) is 23.8 Å². The van der Waals surface area contributed by atoms with E-state index in [1.807, 2.05) is 31.2 Å². The van der Waals surface area contributed by atoms with Crippen LogP contribution in [0.15, 0.2) is 48.5 Å². The predicted molar refractivity (Wildman–Crippen MR) is 106 cm³/mol. The molecule has 0 aromatic heterocycles. The monoisotopic (exact) mass is 379 g/mol. The van der Waals surface area contributed by atoms with Gasteiger partial charge in [0.05, 0.1) is 6.42 Å². The number of nitrogens with zero attached hydrogens (tertiary/aromatic N) is 1. The Bertz CT molecular complexity index is 853. The van der Waals surface area contributed by atoms with E-state index in [0.29, 0.717) is 32.5 Å². The first kappa shape index (κ1) is 18.5. The summed E-state index contributed by atoms with van der Waals surface area (Å²) in [7, 11) is 0. The summed E-state index contributed by atoms with van der Waals surface area (Å²) >= 11 is 0. The van der Waals surface area contributed by atoms with E-state index in [0.717, 1.165) is 0 Å². The van der Waals surface area contributed by atoms with Crippen molar-refractivity contribution in [3.63, 3.8) is 0 Å². The zero-order chi connectivity index (χ0) is 19.7. The number of ether oxygens (including phenoxy) is 1. The van der Waals surface area contributed by atoms with Gasteiger partial charge in [-0.1, -0.05) is 55.5 Å². The lowest BCUT2D eigenvalue weighted by Gasteiger charge is -2.38. The Morgan fingerprint density at radius 3 is 2.11 bits per heavy atom. The van der Waals surface area contributed by atoms with Crippen molar-refractivity contribution in [2.24, 2.45) is 5.41 Å². The van der Waals surface area contributed by atoms with Crippen molar-refractivity contribution in [2.75, 3.05) is 19.7 Å². The summed E-state index contributed by atoms with van der Waals surface area (Å²) in [6.45, 7) is 3.38. The van der Waals surface area contributed by atoms with Crippen LogP contribution < -0.4 is 0 Å². The topological polar surface area (TPSA) is 66.8 Å². The van der Waals surface area contributed by atoms with Crippen LogP contribution in [0.5, 0.6) is 0 Å². The largest absolute Gasteiger partial charge is 0.481 e. The number of rotatable bonds is 4. The Kier molecular flexibility index (Phi) is 4.84. The van der Waals surface area contributed by atoms with E-state index in [9.17, 15) is 9.59 Å². The molecule has 1 saturated heterocycles. The first-order chi connectivity index (χ1) is 13.5. The van der Waals surface area contributed by atoms with Gasteiger partial charge in [0.25, 0.3) is 0 Å². The predicted octanol–water partition coefficient (Wildman–Crippen LogP) is 4.51. The minimum atomic E-state index is -0.780. The maximum atomic E-state index is 12.6. The van der Waals surface area contributed by atoms with Crippen LogP contribution >= 0.6 is 0 Å². The highest BCUT2D eigenvalue weighted by Gasteiger charge is 2.35. The van der Waals surface area contributed by atoms with E-state index in [1.165, 1.54) is 22.3 Å². The molecule has 2 aromatic rings. The molecule has 1 amide bonds. The second-order valence-electron chi connectivity index (χ2n) is 8.17. The van der Waals surface area contributed by atoms with Crippen LogP contribution in [0.4, 0.5) is 4.79 Å². The van der Waals surface area contributed by atoms with Crippen LogP contribution in [0.25, 0.3) is 11.1 Å². The SMILES string of the molecule is CC1(CC(=O)O)CCN(C(=O)OCC2c3ccccc3-c3ccccc32)CC1. The molecule has 1 aliphatic heterocycles. The molecule has 0 radical (unpaired) electrons. The number of aliphatic carboxylic acids is 1. The second-order valence-corrected chi connectivity index (χ2v) is 8.17. The van der Waals surface area contributed by atoms with Gasteiger partial charge in [0.15, 0.2) is 0 Å². The summed E-state index contributed by atoms with van der Waals surface area (Å²) < 4.78 is 5.70. The van der Waals surface area contributed by atoms with Crippen molar-refractivity contribution in [1.29, 1.82) is 0 Å². The summed E-state index contributed by atoms with van der Waals surface area (Å²) in [6, 6.07) is 16.5. The van der Waals surface area contributed by atoms with Crippen LogP contribution in [0.3, 0.4) is 0 Å². The van der Waals surface area contributed by atoms with Crippen LogP contribution in [0.2, 0.25) is 0 Å². The molecule has 5 nitrogen and oxygen atoms in total. The van der Waals surface area contributed by atoms with E-state index in [1.54, 1.807) is 4.90 Å². The number of piperidine rings is 1. The molecular weight excluding hydrogens is 354 g/mol. The van der Waals surface area contributed by atoms with E-state index in [4.69, 9.17) is 9.84 Å². The highest BCUT2D eigenvalue weighted by atomic mass is 16.6. The summed E-state index contributed by atoms with van der Waals surface area (Å²) in [5.41, 5.74) is 4.57. The molecule has 0 atom stereocenters. The van der Waals surface area contributed by atoms with Crippen molar-refractivity contribution in [1.82, 2.24) is 4.90 Å². The lowest BCUT2D eigenvalue weighted by Crippen LogP contribution is -2.43. The standard InChI is InChI=1S/C23H25NO4/c1-23(14-21(25)26)10-12-24(13-11-23)22(27)28-15-20-18-8-4-2-6-16(18)17-7-3-5-9-19(17)20/h2-9,20H,10-15H2,1H3,(H,25,26). The lowest BCUT2D eigenvalue weighted by atomic mass is 9.78. The van der Waals surface area contributed by atoms with Gasteiger partial charge in [-0.2, -0.15) is 0 Å². The molecule has 1 fully saturated rings. The smallest absolute Gasteiger partial charge is 0.409 e. The highest BCUT2D eigenvalue weighted by molar-refractivity contribution is 5.79. The number of benzene rings is 2. The molecule has 0 saturated carbocycles. The third-order valence-corrected chi connectivity index (χ3v) is 6.14. The number of fused-ring (bicyclic) bond motifs is 3. The van der Waals surface area contributed by atoms with Gasteiger partial charge in [-0.25, -0.2) is 4.79 Å². The molecule has 146 valence electrons. The van der Waals surface area contributed by atoms with Crippen LogP contribution in [-0.2, 0) is 9.53 Å². The van der Waals surface area contributed by atoms with Crippen LogP contribution in [-0.4, -0.2) is 41.8 Å². The fourth-order valence-corrected chi connectivity index (χ4v) is 4.46. The number of likely N-dealkylation sites (tertiary alicyclic amines) is 1. The number of hydrogen-bond acceptors (Lipinski definition) is 3. The van der Waals surface area contributed by atoms with Gasteiger partial charge in [0.1, 0.15) is 6.61 Å². The van der Waals surface area contributed by atoms with E-state index in [2.05, 4.69) is 24.3 Å². The van der Waals surface area contributed by atoms with Gasteiger partial charge in [-0.05, 0) is 40.5 Å². The van der Waals surface area contributed by atoms with Gasteiger partial charge in [0, 0.05) is 19.0 Å². The molecular formula is C23H25NO4. The zero-order valence-electron chi connectivity index (χ0n) is 16.1. The maximum absolute atomic E-state index is 12.6. The number of hydrogen-bond donors (Lipinski definition) is 1. The third kappa shape index (κ3) is 3.49. The van der Waals surface area contributed by atoms with Crippen molar-refractivity contribution < 1.29 is 19.4 Å². The van der Waals surface area contributed by atoms with Crippen molar-refractivity contribution in [3.8, 4) is 11.1 Å². The summed E-state index contributed by atoms with van der Waals surface area (Å²) in [6.07, 6.45) is 1.21. The molecule has 28 heavy (non-hydrogen) atoms. The summed E-state index contributed by atoms with van der Waals surface area (Å²) in [5, 5.41) is 9.07. The van der Waals surface area contributed by atoms with E-state index >= 15 is 0 Å². The minimum Gasteiger partial charge on any atom is -0.481 e. The average molecular weight is 379 g/mol. The zero-order valence-corrected chi connectivity index (χ0v) is 16.1. The number of carbonyl (C=O) groups is 2. The maximum Gasteiger partial charge on any atom is 0.409 e. The summed E-state index contributed by atoms with van der Waals surface area (Å²) in [4.78, 5) is 25.3. The number of amides is 1. The van der Waals surface area contributed by atoms with Gasteiger partial charge < -0.3 is 14.7 Å². The van der Waals surface area contributed by atoms with Crippen molar-refractivity contribution in [2.45, 2.75) is 32.1 Å².